The summed E-state index contributed by atoms with van der Waals surface area (Å²) < 4.78 is 9.95. The summed E-state index contributed by atoms with van der Waals surface area (Å²) in [4.78, 5) is 22.7. The molecule has 0 aromatic heterocycles. The van der Waals surface area contributed by atoms with Gasteiger partial charge in [-0.25, -0.2) is 4.79 Å². The van der Waals surface area contributed by atoms with Gasteiger partial charge in [0.25, 0.3) is 0 Å². The third-order valence-electron chi connectivity index (χ3n) is 2.57. The predicted octanol–water partition coefficient (Wildman–Crippen LogP) is 3.58. The van der Waals surface area contributed by atoms with Crippen molar-refractivity contribution in [1.82, 2.24) is 0 Å². The van der Waals surface area contributed by atoms with E-state index in [1.165, 1.54) is 0 Å². The minimum Gasteiger partial charge on any atom is -0.431 e. The van der Waals surface area contributed by atoms with E-state index in [0.29, 0.717) is 11.8 Å². The van der Waals surface area contributed by atoms with Gasteiger partial charge in [-0.1, -0.05) is 30.3 Å². The lowest BCUT2D eigenvalue weighted by molar-refractivity contribution is 0.0727. The molecule has 0 amide bonds. The summed E-state index contributed by atoms with van der Waals surface area (Å²) in [6, 6.07) is 10.8. The van der Waals surface area contributed by atoms with Crippen LogP contribution in [0.5, 0.6) is 5.75 Å². The predicted molar refractivity (Wildman–Crippen MR) is 71.6 cm³/mol. The van der Waals surface area contributed by atoms with Gasteiger partial charge in [-0.2, -0.15) is 0 Å². The number of aldehydes is 1. The van der Waals surface area contributed by atoms with E-state index >= 15 is 0 Å². The molecule has 0 saturated carbocycles. The number of carbonyl (C=O) groups excluding carboxylic acids is 2. The van der Waals surface area contributed by atoms with Crippen LogP contribution in [0.3, 0.4) is 0 Å². The Balaban J connectivity index is 2.38. The van der Waals surface area contributed by atoms with Gasteiger partial charge in [0, 0.05) is 0 Å². The zero-order valence-electron chi connectivity index (χ0n) is 10.8. The second kappa shape index (κ2) is 5.52. The lowest BCUT2D eigenvalue weighted by Crippen LogP contribution is -2.16. The van der Waals surface area contributed by atoms with Crippen LogP contribution in [-0.2, 0) is 4.74 Å². The average molecular weight is 258 g/mol. The van der Waals surface area contributed by atoms with Crippen LogP contribution in [0.25, 0.3) is 10.8 Å². The number of fused-ring (bicyclic) bond motifs is 1. The van der Waals surface area contributed by atoms with Crippen molar-refractivity contribution in [2.24, 2.45) is 0 Å². The lowest BCUT2D eigenvalue weighted by Gasteiger charge is -2.11. The van der Waals surface area contributed by atoms with Crippen LogP contribution in [0.1, 0.15) is 24.2 Å². The van der Waals surface area contributed by atoms with Crippen LogP contribution in [0.15, 0.2) is 36.4 Å². The minimum absolute atomic E-state index is 0.208. The molecule has 0 aliphatic carbocycles. The molecule has 0 unspecified atom stereocenters. The molecule has 0 heterocycles. The zero-order valence-corrected chi connectivity index (χ0v) is 10.8. The molecule has 0 N–H and O–H groups in total. The molecule has 0 aliphatic heterocycles. The van der Waals surface area contributed by atoms with Crippen LogP contribution < -0.4 is 4.74 Å². The molecule has 0 aliphatic rings. The van der Waals surface area contributed by atoms with Crippen molar-refractivity contribution >= 4 is 23.2 Å². The summed E-state index contributed by atoms with van der Waals surface area (Å²) in [5.74, 6) is 0.208. The first-order valence-corrected chi connectivity index (χ1v) is 5.97. The Morgan fingerprint density at radius 2 is 1.89 bits per heavy atom. The molecule has 2 aromatic rings. The average Bonchev–Trinajstić information content (AvgIpc) is 2.37. The standard InChI is InChI=1S/C15H14O4/c1-10(2)18-15(17)19-14-8-7-11-5-3-4-6-12(11)13(14)9-16/h3-10H,1-2H3. The normalized spacial score (nSPS) is 10.5. The van der Waals surface area contributed by atoms with E-state index in [9.17, 15) is 9.59 Å². The van der Waals surface area contributed by atoms with Gasteiger partial charge in [-0.15, -0.1) is 0 Å². The van der Waals surface area contributed by atoms with Crippen LogP contribution >= 0.6 is 0 Å². The van der Waals surface area contributed by atoms with E-state index in [1.54, 1.807) is 32.0 Å². The van der Waals surface area contributed by atoms with E-state index in [2.05, 4.69) is 0 Å². The van der Waals surface area contributed by atoms with Gasteiger partial charge in [0.2, 0.25) is 0 Å². The van der Waals surface area contributed by atoms with Crippen molar-refractivity contribution in [3.8, 4) is 5.75 Å². The van der Waals surface area contributed by atoms with Gasteiger partial charge in [0.1, 0.15) is 5.75 Å². The van der Waals surface area contributed by atoms with Gasteiger partial charge >= 0.3 is 6.16 Å². The molecule has 0 radical (unpaired) electrons. The van der Waals surface area contributed by atoms with E-state index in [-0.39, 0.29) is 11.9 Å². The van der Waals surface area contributed by atoms with Gasteiger partial charge in [0.05, 0.1) is 11.7 Å². The Hall–Kier alpha value is -2.36. The molecule has 0 fully saturated rings. The van der Waals surface area contributed by atoms with Gasteiger partial charge in [-0.05, 0) is 30.7 Å². The fraction of sp³-hybridized carbons (Fsp3) is 0.200. The summed E-state index contributed by atoms with van der Waals surface area (Å²) in [6.07, 6.45) is -0.402. The van der Waals surface area contributed by atoms with Gasteiger partial charge in [-0.3, -0.25) is 4.79 Å². The van der Waals surface area contributed by atoms with E-state index < -0.39 is 6.16 Å². The maximum atomic E-state index is 11.5. The summed E-state index contributed by atoms with van der Waals surface area (Å²) in [5.41, 5.74) is 0.346. The third-order valence-corrected chi connectivity index (χ3v) is 2.57. The molecule has 0 atom stereocenters. The molecular formula is C15H14O4. The smallest absolute Gasteiger partial charge is 0.431 e. The summed E-state index contributed by atoms with van der Waals surface area (Å²) >= 11 is 0. The fourth-order valence-corrected chi connectivity index (χ4v) is 1.79. The largest absolute Gasteiger partial charge is 0.514 e. The maximum absolute atomic E-state index is 11.5. The van der Waals surface area contributed by atoms with Gasteiger partial charge in [0.15, 0.2) is 6.29 Å². The monoisotopic (exact) mass is 258 g/mol. The molecule has 0 spiro atoms. The van der Waals surface area contributed by atoms with Crippen LogP contribution in [-0.4, -0.2) is 18.5 Å². The second-order valence-electron chi connectivity index (χ2n) is 4.34. The first kappa shape index (κ1) is 13.1. The van der Waals surface area contributed by atoms with Gasteiger partial charge < -0.3 is 9.47 Å². The number of benzene rings is 2. The van der Waals surface area contributed by atoms with Crippen LogP contribution in [0.4, 0.5) is 4.79 Å². The first-order valence-electron chi connectivity index (χ1n) is 5.97. The molecule has 19 heavy (non-hydrogen) atoms. The van der Waals surface area contributed by atoms with Crippen molar-refractivity contribution in [2.45, 2.75) is 20.0 Å². The number of hydrogen-bond acceptors (Lipinski definition) is 4. The van der Waals surface area contributed by atoms with Crippen molar-refractivity contribution in [2.75, 3.05) is 0 Å². The Morgan fingerprint density at radius 3 is 2.58 bits per heavy atom. The van der Waals surface area contributed by atoms with Crippen molar-refractivity contribution in [1.29, 1.82) is 0 Å². The van der Waals surface area contributed by atoms with Crippen molar-refractivity contribution in [3.63, 3.8) is 0 Å². The highest BCUT2D eigenvalue weighted by atomic mass is 16.7. The summed E-state index contributed by atoms with van der Waals surface area (Å²) in [5, 5.41) is 1.65. The minimum atomic E-state index is -0.812. The molecule has 2 rings (SSSR count). The van der Waals surface area contributed by atoms with E-state index in [0.717, 1.165) is 10.8 Å². The summed E-state index contributed by atoms with van der Waals surface area (Å²) in [6.45, 7) is 3.45. The Labute approximate surface area is 110 Å². The number of ether oxygens (including phenoxy) is 2. The maximum Gasteiger partial charge on any atom is 0.514 e. The molecule has 0 bridgehead atoms. The van der Waals surface area contributed by atoms with Crippen molar-refractivity contribution in [3.05, 3.63) is 42.0 Å². The SMILES string of the molecule is CC(C)OC(=O)Oc1ccc2ccccc2c1C=O. The zero-order chi connectivity index (χ0) is 13.8. The Bertz CT molecular complexity index is 617. The Morgan fingerprint density at radius 1 is 1.16 bits per heavy atom. The molecule has 4 nitrogen and oxygen atoms in total. The third kappa shape index (κ3) is 2.91. The quantitative estimate of drug-likeness (QED) is 0.479. The highest BCUT2D eigenvalue weighted by Crippen LogP contribution is 2.26. The van der Waals surface area contributed by atoms with E-state index in [4.69, 9.17) is 9.47 Å². The molecular weight excluding hydrogens is 244 g/mol. The lowest BCUT2D eigenvalue weighted by atomic mass is 10.0. The molecule has 0 saturated heterocycles. The summed E-state index contributed by atoms with van der Waals surface area (Å²) in [7, 11) is 0. The highest BCUT2D eigenvalue weighted by Gasteiger charge is 2.13. The Kier molecular flexibility index (Phi) is 3.80. The van der Waals surface area contributed by atoms with Crippen LogP contribution in [0, 0.1) is 0 Å². The van der Waals surface area contributed by atoms with E-state index in [1.807, 2.05) is 18.2 Å². The topological polar surface area (TPSA) is 52.6 Å². The van der Waals surface area contributed by atoms with Crippen LogP contribution in [0.2, 0.25) is 0 Å². The number of carbonyl (C=O) groups is 2. The fourth-order valence-electron chi connectivity index (χ4n) is 1.79. The highest BCUT2D eigenvalue weighted by molar-refractivity contribution is 6.01. The second-order valence-corrected chi connectivity index (χ2v) is 4.34. The van der Waals surface area contributed by atoms with Crippen molar-refractivity contribution < 1.29 is 19.1 Å². The first-order chi connectivity index (χ1) is 9.11. The molecule has 98 valence electrons. The molecule has 2 aromatic carbocycles. The number of rotatable bonds is 3. The molecule has 4 heteroatoms. The number of hydrogen-bond donors (Lipinski definition) is 0.